The van der Waals surface area contributed by atoms with Gasteiger partial charge in [0.15, 0.2) is 0 Å². The van der Waals surface area contributed by atoms with Crippen molar-refractivity contribution in [3.63, 3.8) is 0 Å². The van der Waals surface area contributed by atoms with Gasteiger partial charge >= 0.3 is 6.30 Å². The fraction of sp³-hybridized carbons (Fsp3) is 0.476. The molecule has 1 saturated carbocycles. The Morgan fingerprint density at radius 2 is 1.88 bits per heavy atom. The van der Waals surface area contributed by atoms with E-state index in [9.17, 15) is 26.7 Å². The van der Waals surface area contributed by atoms with E-state index in [-0.39, 0.29) is 28.7 Å². The second kappa shape index (κ2) is 7.42. The Labute approximate surface area is 185 Å². The largest absolute Gasteiger partial charge is 0.504 e. The molecule has 2 bridgehead atoms. The molecule has 0 spiro atoms. The van der Waals surface area contributed by atoms with Crippen molar-refractivity contribution in [1.82, 2.24) is 24.6 Å². The van der Waals surface area contributed by atoms with Gasteiger partial charge < -0.3 is 20.2 Å². The van der Waals surface area contributed by atoms with E-state index in [1.54, 1.807) is 23.2 Å². The van der Waals surface area contributed by atoms with Gasteiger partial charge in [0.2, 0.25) is 5.91 Å². The zero-order valence-electron chi connectivity index (χ0n) is 17.3. The molecule has 2 aliphatic heterocycles. The van der Waals surface area contributed by atoms with Crippen LogP contribution in [0.4, 0.5) is 22.0 Å². The molecule has 5 rings (SSSR count). The number of halogens is 5. The van der Waals surface area contributed by atoms with Crippen LogP contribution in [0.1, 0.15) is 25.0 Å². The van der Waals surface area contributed by atoms with Crippen LogP contribution >= 0.6 is 0 Å². The summed E-state index contributed by atoms with van der Waals surface area (Å²) >= 11 is 0. The quantitative estimate of drug-likeness (QED) is 0.519. The normalized spacial score (nSPS) is 26.6. The van der Waals surface area contributed by atoms with Crippen molar-refractivity contribution < 1.29 is 26.7 Å². The lowest BCUT2D eigenvalue weighted by molar-refractivity contribution is -0.212. The number of hydrogen-bond donors (Lipinski definition) is 2. The van der Waals surface area contributed by atoms with Gasteiger partial charge in [0, 0.05) is 61.3 Å². The fourth-order valence-corrected chi connectivity index (χ4v) is 4.88. The molecule has 7 nitrogen and oxygen atoms in total. The average Bonchev–Trinajstić information content (AvgIpc) is 3.20. The number of carbonyl (C=O) groups is 1. The molecule has 2 N–H and O–H groups in total. The molecule has 3 aliphatic rings. The number of aromatic nitrogens is 3. The highest BCUT2D eigenvalue weighted by Crippen LogP contribution is 2.51. The van der Waals surface area contributed by atoms with E-state index in [0.717, 1.165) is 31.4 Å². The number of amides is 1. The first-order valence-electron chi connectivity index (χ1n) is 10.5. The van der Waals surface area contributed by atoms with E-state index in [1.165, 1.54) is 0 Å². The highest BCUT2D eigenvalue weighted by atomic mass is 19.4. The minimum absolute atomic E-state index is 0.0688. The number of nitrogens with zero attached hydrogens (tertiary/aromatic N) is 4. The number of likely N-dealkylation sites (tertiary alicyclic amines) is 1. The third kappa shape index (κ3) is 3.80. The first kappa shape index (κ1) is 21.7. The molecule has 2 saturated heterocycles. The highest BCUT2D eigenvalue weighted by Gasteiger charge is 2.64. The maximum Gasteiger partial charge on any atom is 0.504 e. The Morgan fingerprint density at radius 3 is 2.42 bits per heavy atom. The highest BCUT2D eigenvalue weighted by molar-refractivity contribution is 5.85. The van der Waals surface area contributed by atoms with Gasteiger partial charge in [-0.05, 0) is 25.0 Å². The van der Waals surface area contributed by atoms with Gasteiger partial charge in [-0.3, -0.25) is 4.79 Å². The number of piperazine rings is 1. The zero-order valence-corrected chi connectivity index (χ0v) is 17.3. The van der Waals surface area contributed by atoms with Gasteiger partial charge in [-0.25, -0.2) is 8.78 Å². The number of H-pyrrole nitrogens is 1. The van der Waals surface area contributed by atoms with Crippen molar-refractivity contribution in [3.8, 4) is 11.1 Å². The summed E-state index contributed by atoms with van der Waals surface area (Å²) in [6.07, 6.45) is 2.70. The molecule has 1 amide bonds. The molecule has 3 atom stereocenters. The van der Waals surface area contributed by atoms with Crippen molar-refractivity contribution in [2.24, 2.45) is 5.92 Å². The zero-order chi connectivity index (χ0) is 23.5. The fourth-order valence-electron chi connectivity index (χ4n) is 4.88. The van der Waals surface area contributed by atoms with Crippen molar-refractivity contribution in [1.29, 1.82) is 5.41 Å². The summed E-state index contributed by atoms with van der Waals surface area (Å²) < 4.78 is 65.3. The predicted octanol–water partition coefficient (Wildman–Crippen LogP) is 3.68. The van der Waals surface area contributed by atoms with E-state index in [0.29, 0.717) is 30.0 Å². The summed E-state index contributed by atoms with van der Waals surface area (Å²) in [6.45, 7) is 0.862. The summed E-state index contributed by atoms with van der Waals surface area (Å²) in [4.78, 5) is 19.3. The maximum absolute atomic E-state index is 13.4. The Hall–Kier alpha value is -3.18. The molecule has 4 heterocycles. The number of nitrogens with one attached hydrogen (secondary N) is 2. The van der Waals surface area contributed by atoms with Crippen LogP contribution in [0, 0.1) is 11.3 Å². The number of allylic oxidation sites excluding steroid dienone is 1. The van der Waals surface area contributed by atoms with Crippen LogP contribution in [0.3, 0.4) is 0 Å². The number of rotatable bonds is 5. The molecular weight excluding hydrogens is 447 g/mol. The van der Waals surface area contributed by atoms with Crippen LogP contribution in [0.15, 0.2) is 30.7 Å². The maximum atomic E-state index is 13.4. The lowest BCUT2D eigenvalue weighted by atomic mass is 10.1. The van der Waals surface area contributed by atoms with Gasteiger partial charge in [-0.15, -0.1) is 13.2 Å². The molecule has 2 aromatic rings. The van der Waals surface area contributed by atoms with Gasteiger partial charge in [-0.1, -0.05) is 0 Å². The molecule has 176 valence electrons. The lowest BCUT2D eigenvalue weighted by Gasteiger charge is -2.43. The third-order valence-corrected chi connectivity index (χ3v) is 6.58. The molecule has 0 aromatic carbocycles. The Bertz CT molecular complexity index is 1100. The van der Waals surface area contributed by atoms with Crippen LogP contribution in [-0.4, -0.2) is 67.8 Å². The molecule has 12 heteroatoms. The van der Waals surface area contributed by atoms with Gasteiger partial charge in [0.25, 0.3) is 5.92 Å². The second-order valence-electron chi connectivity index (χ2n) is 8.72. The lowest BCUT2D eigenvalue weighted by Crippen LogP contribution is -2.55. The molecule has 1 aliphatic carbocycles. The first-order chi connectivity index (χ1) is 15.6. The van der Waals surface area contributed by atoms with Crippen LogP contribution in [0.25, 0.3) is 16.8 Å². The van der Waals surface area contributed by atoms with Gasteiger partial charge in [0.1, 0.15) is 5.92 Å². The minimum atomic E-state index is -4.61. The number of aromatic amines is 1. The third-order valence-electron chi connectivity index (χ3n) is 6.58. The molecule has 3 fully saturated rings. The molecule has 3 unspecified atom stereocenters. The summed E-state index contributed by atoms with van der Waals surface area (Å²) in [5.41, 5.74) is 2.04. The number of alkyl halides is 5. The minimum Gasteiger partial charge on any atom is -0.366 e. The van der Waals surface area contributed by atoms with Crippen LogP contribution < -0.4 is 0 Å². The molecule has 0 radical (unpaired) electrons. The van der Waals surface area contributed by atoms with E-state index in [4.69, 9.17) is 5.41 Å². The van der Waals surface area contributed by atoms with E-state index < -0.39 is 24.0 Å². The van der Waals surface area contributed by atoms with Crippen molar-refractivity contribution >= 4 is 17.8 Å². The summed E-state index contributed by atoms with van der Waals surface area (Å²) in [5, 5.41) is 10.9. The van der Waals surface area contributed by atoms with Crippen LogP contribution in [0.5, 0.6) is 0 Å². The van der Waals surface area contributed by atoms with Crippen molar-refractivity contribution in [3.05, 3.63) is 36.4 Å². The van der Waals surface area contributed by atoms with Gasteiger partial charge in [0.05, 0.1) is 17.6 Å². The average molecular weight is 468 g/mol. The summed E-state index contributed by atoms with van der Waals surface area (Å²) in [7, 11) is 0. The topological polar surface area (TPSA) is 81.0 Å². The number of fused-ring (bicyclic) bond motifs is 2. The molecule has 33 heavy (non-hydrogen) atoms. The summed E-state index contributed by atoms with van der Waals surface area (Å²) in [6, 6.07) is 1.29. The molecule has 2 aromatic heterocycles. The van der Waals surface area contributed by atoms with Crippen LogP contribution in [-0.2, 0) is 11.1 Å². The molecular formula is C21H21F5N6O. The predicted molar refractivity (Wildman–Crippen MR) is 108 cm³/mol. The number of hydrogen-bond acceptors (Lipinski definition) is 4. The Morgan fingerprint density at radius 1 is 1.21 bits per heavy atom. The van der Waals surface area contributed by atoms with E-state index in [2.05, 4.69) is 10.1 Å². The van der Waals surface area contributed by atoms with E-state index >= 15 is 0 Å². The monoisotopic (exact) mass is 468 g/mol. The van der Waals surface area contributed by atoms with Gasteiger partial charge in [-0.2, -0.15) is 9.78 Å². The van der Waals surface area contributed by atoms with Crippen molar-refractivity contribution in [2.45, 2.75) is 43.6 Å². The Kier molecular flexibility index (Phi) is 4.87. The second-order valence-corrected chi connectivity index (χ2v) is 8.72. The summed E-state index contributed by atoms with van der Waals surface area (Å²) in [5.74, 6) is -4.60. The SMILES string of the molecule is N=C/C=C(\c1cc(-c2cnn(C(F)(F)F)c2)c[nH]1)N1CC2CCC(C1)N2C(=O)C1CC1(F)F. The van der Waals surface area contributed by atoms with Crippen LogP contribution in [0.2, 0.25) is 0 Å². The van der Waals surface area contributed by atoms with Crippen molar-refractivity contribution in [2.75, 3.05) is 13.1 Å². The smallest absolute Gasteiger partial charge is 0.366 e. The van der Waals surface area contributed by atoms with E-state index in [1.807, 2.05) is 4.90 Å². The first-order valence-corrected chi connectivity index (χ1v) is 10.5. The standard InChI is InChI=1S/C21H21F5N6O/c22-20(23)6-16(20)19(33)32-14-1-2-15(32)11-30(10-14)18(3-4-27)17-5-12(7-28-17)13-8-29-31(9-13)21(24,25)26/h3-5,7-9,14-16,27-28H,1-2,6,10-11H2/b18-3+,27-4?. The Balaban J connectivity index is 1.35. The number of carbonyl (C=O) groups excluding carboxylic acids is 1.